The molecule has 0 radical (unpaired) electrons. The van der Waals surface area contributed by atoms with Crippen molar-refractivity contribution in [3.05, 3.63) is 52.8 Å². The molecule has 6 heteroatoms. The van der Waals surface area contributed by atoms with E-state index in [2.05, 4.69) is 16.9 Å². The van der Waals surface area contributed by atoms with Crippen LogP contribution in [0.15, 0.2) is 36.0 Å². The van der Waals surface area contributed by atoms with Crippen molar-refractivity contribution >= 4 is 23.1 Å². The molecule has 128 valence electrons. The summed E-state index contributed by atoms with van der Waals surface area (Å²) in [5, 5.41) is 4.02. The number of aromatic nitrogens is 1. The number of anilines is 2. The third-order valence-electron chi connectivity index (χ3n) is 3.67. The molecule has 0 saturated heterocycles. The lowest BCUT2D eigenvalue weighted by Crippen LogP contribution is -2.02. The molecule has 2 rings (SSSR count). The molecule has 5 nitrogen and oxygen atoms in total. The van der Waals surface area contributed by atoms with Gasteiger partial charge >= 0.3 is 0 Å². The topological polar surface area (TPSA) is 69.4 Å². The first-order valence-electron chi connectivity index (χ1n) is 7.47. The van der Waals surface area contributed by atoms with E-state index in [0.717, 1.165) is 39.0 Å². The largest absolute Gasteiger partial charge is 0.497 e. The maximum Gasteiger partial charge on any atom is 0.128 e. The lowest BCUT2D eigenvalue weighted by atomic mass is 10.1. The molecule has 24 heavy (non-hydrogen) atoms. The predicted octanol–water partition coefficient (Wildman–Crippen LogP) is 4.11. The molecule has 2 aromatic rings. The normalized spacial score (nSPS) is 10.3. The predicted molar refractivity (Wildman–Crippen MR) is 102 cm³/mol. The summed E-state index contributed by atoms with van der Waals surface area (Å²) < 4.78 is 10.6. The van der Waals surface area contributed by atoms with Crippen LogP contribution in [0.3, 0.4) is 0 Å². The number of ether oxygens (including phenoxy) is 2. The summed E-state index contributed by atoms with van der Waals surface area (Å²) in [7, 11) is 3.29. The van der Waals surface area contributed by atoms with Gasteiger partial charge in [-0.2, -0.15) is 0 Å². The molecule has 0 atom stereocenters. The van der Waals surface area contributed by atoms with E-state index in [1.165, 1.54) is 0 Å². The maximum absolute atomic E-state index is 6.01. The minimum atomic E-state index is 0.613. The number of hydrogen-bond donors (Lipinski definition) is 2. The zero-order valence-electron chi connectivity index (χ0n) is 14.5. The third-order valence-corrected chi connectivity index (χ3v) is 4.53. The molecule has 3 N–H and O–H groups in total. The average molecular weight is 345 g/mol. The van der Waals surface area contributed by atoms with Gasteiger partial charge in [0.05, 0.1) is 36.3 Å². The summed E-state index contributed by atoms with van der Waals surface area (Å²) in [6.45, 7) is 8.05. The van der Waals surface area contributed by atoms with Crippen LogP contribution in [0.5, 0.6) is 11.5 Å². The fourth-order valence-electron chi connectivity index (χ4n) is 2.34. The number of aryl methyl sites for hydroxylation is 1. The zero-order valence-corrected chi connectivity index (χ0v) is 15.3. The third kappa shape index (κ3) is 4.14. The minimum Gasteiger partial charge on any atom is -0.497 e. The molecule has 0 aliphatic carbocycles. The number of nitrogens with one attached hydrogen (secondary N) is 1. The first kappa shape index (κ1) is 18.0. The van der Waals surface area contributed by atoms with Crippen LogP contribution in [0.2, 0.25) is 0 Å². The van der Waals surface area contributed by atoms with Gasteiger partial charge in [-0.1, -0.05) is 6.58 Å². The van der Waals surface area contributed by atoms with E-state index in [4.69, 9.17) is 15.2 Å². The molecule has 0 saturated carbocycles. The first-order chi connectivity index (χ1) is 11.5. The smallest absolute Gasteiger partial charge is 0.128 e. The molecule has 1 heterocycles. The number of nitrogens with zero attached hydrogens (tertiary/aromatic N) is 1. The van der Waals surface area contributed by atoms with Gasteiger partial charge in [-0.25, -0.2) is 0 Å². The Hall–Kier alpha value is -2.34. The number of benzene rings is 1. The van der Waals surface area contributed by atoms with Gasteiger partial charge < -0.3 is 20.5 Å². The minimum absolute atomic E-state index is 0.613. The van der Waals surface area contributed by atoms with Crippen molar-refractivity contribution in [1.82, 2.24) is 4.98 Å². The molecule has 0 aliphatic heterocycles. The molecular weight excluding hydrogens is 322 g/mol. The number of thioether (sulfide) groups is 1. The molecule has 0 spiro atoms. The van der Waals surface area contributed by atoms with Crippen LogP contribution in [-0.2, 0) is 5.75 Å². The quantitative estimate of drug-likeness (QED) is 0.736. The highest BCUT2D eigenvalue weighted by atomic mass is 32.2. The summed E-state index contributed by atoms with van der Waals surface area (Å²) in [5.74, 6) is 2.31. The van der Waals surface area contributed by atoms with Gasteiger partial charge in [0.15, 0.2) is 0 Å². The Morgan fingerprint density at radius 2 is 2.04 bits per heavy atom. The highest BCUT2D eigenvalue weighted by Gasteiger charge is 2.10. The number of nitrogens with two attached hydrogens (primary N) is 1. The Morgan fingerprint density at radius 1 is 1.29 bits per heavy atom. The van der Waals surface area contributed by atoms with E-state index in [-0.39, 0.29) is 0 Å². The van der Waals surface area contributed by atoms with Crippen LogP contribution in [0, 0.1) is 13.8 Å². The van der Waals surface area contributed by atoms with E-state index >= 15 is 0 Å². The highest BCUT2D eigenvalue weighted by Crippen LogP contribution is 2.30. The SMILES string of the molecule is C=C(Nc1ccc(OC)cc1N)SCc1ncc(C)c(OC)c1C. The van der Waals surface area contributed by atoms with Crippen LogP contribution < -0.4 is 20.5 Å². The summed E-state index contributed by atoms with van der Waals surface area (Å²) >= 11 is 1.57. The van der Waals surface area contributed by atoms with Gasteiger partial charge in [-0.05, 0) is 26.0 Å². The van der Waals surface area contributed by atoms with Gasteiger partial charge in [-0.15, -0.1) is 11.8 Å². The van der Waals surface area contributed by atoms with E-state index in [1.807, 2.05) is 32.2 Å². The Balaban J connectivity index is 2.01. The lowest BCUT2D eigenvalue weighted by Gasteiger charge is -2.14. The molecular formula is C18H23N3O2S. The zero-order chi connectivity index (χ0) is 17.7. The van der Waals surface area contributed by atoms with Gasteiger partial charge in [0, 0.05) is 29.1 Å². The Morgan fingerprint density at radius 3 is 2.67 bits per heavy atom. The number of methoxy groups -OCH3 is 2. The molecule has 0 amide bonds. The number of hydrogen-bond acceptors (Lipinski definition) is 6. The van der Waals surface area contributed by atoms with Crippen molar-refractivity contribution in [3.63, 3.8) is 0 Å². The number of nitrogen functional groups attached to an aromatic ring is 1. The summed E-state index contributed by atoms with van der Waals surface area (Å²) in [4.78, 5) is 4.49. The monoisotopic (exact) mass is 345 g/mol. The van der Waals surface area contributed by atoms with E-state index in [9.17, 15) is 0 Å². The van der Waals surface area contributed by atoms with Crippen LogP contribution in [0.1, 0.15) is 16.8 Å². The van der Waals surface area contributed by atoms with Crippen molar-refractivity contribution in [1.29, 1.82) is 0 Å². The molecule has 0 unspecified atom stereocenters. The van der Waals surface area contributed by atoms with Crippen molar-refractivity contribution in [2.45, 2.75) is 19.6 Å². The number of pyridine rings is 1. The maximum atomic E-state index is 6.01. The van der Waals surface area contributed by atoms with Gasteiger partial charge in [0.2, 0.25) is 0 Å². The second-order valence-electron chi connectivity index (χ2n) is 5.34. The Labute approximate surface area is 147 Å². The van der Waals surface area contributed by atoms with Gasteiger partial charge in [0.1, 0.15) is 11.5 Å². The van der Waals surface area contributed by atoms with E-state index < -0.39 is 0 Å². The molecule has 0 bridgehead atoms. The fraction of sp³-hybridized carbons (Fsp3) is 0.278. The Bertz CT molecular complexity index is 747. The summed E-state index contributed by atoms with van der Waals surface area (Å²) in [6.07, 6.45) is 1.83. The number of rotatable bonds is 7. The second kappa shape index (κ2) is 7.97. The van der Waals surface area contributed by atoms with Crippen LogP contribution in [0.4, 0.5) is 11.4 Å². The van der Waals surface area contributed by atoms with Crippen molar-refractivity contribution < 1.29 is 9.47 Å². The average Bonchev–Trinajstić information content (AvgIpc) is 2.56. The van der Waals surface area contributed by atoms with Crippen LogP contribution in [0.25, 0.3) is 0 Å². The first-order valence-corrected chi connectivity index (χ1v) is 8.46. The molecule has 1 aromatic heterocycles. The van der Waals surface area contributed by atoms with Crippen LogP contribution >= 0.6 is 11.8 Å². The van der Waals surface area contributed by atoms with Gasteiger partial charge in [-0.3, -0.25) is 4.98 Å². The summed E-state index contributed by atoms with van der Waals surface area (Å²) in [6, 6.07) is 5.50. The van der Waals surface area contributed by atoms with Crippen molar-refractivity contribution in [2.24, 2.45) is 0 Å². The van der Waals surface area contributed by atoms with Crippen molar-refractivity contribution in [2.75, 3.05) is 25.3 Å². The molecule has 0 aliphatic rings. The lowest BCUT2D eigenvalue weighted by molar-refractivity contribution is 0.407. The highest BCUT2D eigenvalue weighted by molar-refractivity contribution is 8.02. The molecule has 0 fully saturated rings. The standard InChI is InChI=1S/C18H23N3O2S/c1-11-9-20-17(12(2)18(11)23-5)10-24-13(3)21-16-7-6-14(22-4)8-15(16)19/h6-9,21H,3,10,19H2,1-2,4-5H3. The molecule has 1 aromatic carbocycles. The Kier molecular flexibility index (Phi) is 5.98. The van der Waals surface area contributed by atoms with Gasteiger partial charge in [0.25, 0.3) is 0 Å². The van der Waals surface area contributed by atoms with Crippen LogP contribution in [-0.4, -0.2) is 19.2 Å². The van der Waals surface area contributed by atoms with Crippen molar-refractivity contribution in [3.8, 4) is 11.5 Å². The van der Waals surface area contributed by atoms with E-state index in [1.54, 1.807) is 32.0 Å². The summed E-state index contributed by atoms with van der Waals surface area (Å²) in [5.41, 5.74) is 10.5. The van der Waals surface area contributed by atoms with E-state index in [0.29, 0.717) is 11.4 Å². The second-order valence-corrected chi connectivity index (χ2v) is 6.41. The fourth-order valence-corrected chi connectivity index (χ4v) is 3.12.